The van der Waals surface area contributed by atoms with E-state index >= 15 is 0 Å². The molecule has 0 heterocycles. The summed E-state index contributed by atoms with van der Waals surface area (Å²) in [4.78, 5) is 2.41. The van der Waals surface area contributed by atoms with Gasteiger partial charge < -0.3 is 10.6 Å². The summed E-state index contributed by atoms with van der Waals surface area (Å²) in [7, 11) is 2.20. The van der Waals surface area contributed by atoms with Crippen molar-refractivity contribution in [1.29, 1.82) is 0 Å². The summed E-state index contributed by atoms with van der Waals surface area (Å²) >= 11 is 6.31. The van der Waals surface area contributed by atoms with E-state index in [2.05, 4.69) is 18.0 Å². The van der Waals surface area contributed by atoms with Crippen molar-refractivity contribution >= 4 is 17.3 Å². The van der Waals surface area contributed by atoms with Gasteiger partial charge in [-0.15, -0.1) is 0 Å². The van der Waals surface area contributed by atoms with Gasteiger partial charge in [-0.2, -0.15) is 0 Å². The molecule has 1 saturated carbocycles. The number of halogens is 1. The summed E-state index contributed by atoms with van der Waals surface area (Å²) in [5, 5.41) is 0.848. The van der Waals surface area contributed by atoms with Crippen LogP contribution < -0.4 is 10.6 Å². The van der Waals surface area contributed by atoms with Crippen molar-refractivity contribution in [3.05, 3.63) is 28.8 Å². The van der Waals surface area contributed by atoms with E-state index in [1.165, 1.54) is 43.4 Å². The third-order valence-corrected chi connectivity index (χ3v) is 4.34. The molecule has 2 nitrogen and oxygen atoms in total. The number of hydrogen-bond donors (Lipinski definition) is 1. The number of hydrogen-bond acceptors (Lipinski definition) is 2. The molecule has 0 saturated heterocycles. The van der Waals surface area contributed by atoms with E-state index in [1.807, 2.05) is 12.1 Å². The molecule has 1 aromatic carbocycles. The lowest BCUT2D eigenvalue weighted by Gasteiger charge is -2.34. The fourth-order valence-electron chi connectivity index (χ4n) is 2.93. The van der Waals surface area contributed by atoms with Crippen LogP contribution in [0.1, 0.15) is 37.7 Å². The van der Waals surface area contributed by atoms with Gasteiger partial charge in [-0.05, 0) is 43.5 Å². The third kappa shape index (κ3) is 2.99. The smallest absolute Gasteiger partial charge is 0.0459 e. The molecule has 2 rings (SSSR count). The molecule has 0 unspecified atom stereocenters. The van der Waals surface area contributed by atoms with Crippen LogP contribution >= 0.6 is 11.6 Å². The van der Waals surface area contributed by atoms with Gasteiger partial charge in [-0.25, -0.2) is 0 Å². The summed E-state index contributed by atoms with van der Waals surface area (Å²) < 4.78 is 0. The molecule has 1 aromatic rings. The summed E-state index contributed by atoms with van der Waals surface area (Å²) in [6, 6.07) is 6.83. The summed E-state index contributed by atoms with van der Waals surface area (Å²) in [6.07, 6.45) is 7.53. The van der Waals surface area contributed by atoms with Crippen LogP contribution in [0.4, 0.5) is 5.69 Å². The first kappa shape index (κ1) is 13.7. The SMILES string of the molecule is CN(c1cccc(Cl)c1CCN)C1CCCCC1. The van der Waals surface area contributed by atoms with Crippen molar-refractivity contribution in [2.45, 2.75) is 44.6 Å². The number of anilines is 1. The highest BCUT2D eigenvalue weighted by molar-refractivity contribution is 6.31. The van der Waals surface area contributed by atoms with E-state index in [1.54, 1.807) is 0 Å². The van der Waals surface area contributed by atoms with Gasteiger partial charge >= 0.3 is 0 Å². The van der Waals surface area contributed by atoms with Crippen LogP contribution in [-0.4, -0.2) is 19.6 Å². The zero-order valence-electron chi connectivity index (χ0n) is 11.2. The fraction of sp³-hybridized carbons (Fsp3) is 0.600. The van der Waals surface area contributed by atoms with E-state index in [4.69, 9.17) is 17.3 Å². The van der Waals surface area contributed by atoms with Gasteiger partial charge in [0.1, 0.15) is 0 Å². The monoisotopic (exact) mass is 266 g/mol. The zero-order chi connectivity index (χ0) is 13.0. The first-order valence-corrected chi connectivity index (χ1v) is 7.32. The van der Waals surface area contributed by atoms with Crippen molar-refractivity contribution < 1.29 is 0 Å². The Bertz CT molecular complexity index is 386. The molecular weight excluding hydrogens is 244 g/mol. The Morgan fingerprint density at radius 2 is 2.00 bits per heavy atom. The van der Waals surface area contributed by atoms with Gasteiger partial charge in [0, 0.05) is 23.8 Å². The molecular formula is C15H23ClN2. The van der Waals surface area contributed by atoms with Crippen molar-refractivity contribution in [3.63, 3.8) is 0 Å². The largest absolute Gasteiger partial charge is 0.371 e. The molecule has 100 valence electrons. The molecule has 0 spiro atoms. The summed E-state index contributed by atoms with van der Waals surface area (Å²) in [6.45, 7) is 0.648. The van der Waals surface area contributed by atoms with E-state index in [9.17, 15) is 0 Å². The Morgan fingerprint density at radius 3 is 2.67 bits per heavy atom. The molecule has 0 atom stereocenters. The highest BCUT2D eigenvalue weighted by Gasteiger charge is 2.20. The van der Waals surface area contributed by atoms with Crippen LogP contribution in [0.3, 0.4) is 0 Å². The van der Waals surface area contributed by atoms with Gasteiger partial charge in [-0.3, -0.25) is 0 Å². The van der Waals surface area contributed by atoms with Crippen molar-refractivity contribution in [1.82, 2.24) is 0 Å². The molecule has 2 N–H and O–H groups in total. The van der Waals surface area contributed by atoms with Crippen molar-refractivity contribution in [2.24, 2.45) is 5.73 Å². The van der Waals surface area contributed by atoms with Crippen molar-refractivity contribution in [3.8, 4) is 0 Å². The lowest BCUT2D eigenvalue weighted by Crippen LogP contribution is -2.34. The first-order valence-electron chi connectivity index (χ1n) is 6.94. The second-order valence-electron chi connectivity index (χ2n) is 5.18. The minimum atomic E-state index is 0.648. The summed E-state index contributed by atoms with van der Waals surface area (Å²) in [5.41, 5.74) is 8.17. The number of nitrogens with two attached hydrogens (primary N) is 1. The Balaban J connectivity index is 2.22. The number of benzene rings is 1. The van der Waals surface area contributed by atoms with Gasteiger partial charge in [-0.1, -0.05) is 36.9 Å². The second-order valence-corrected chi connectivity index (χ2v) is 5.59. The van der Waals surface area contributed by atoms with Crippen LogP contribution in [0.25, 0.3) is 0 Å². The van der Waals surface area contributed by atoms with Gasteiger partial charge in [0.2, 0.25) is 0 Å². The third-order valence-electron chi connectivity index (χ3n) is 3.99. The predicted molar refractivity (Wildman–Crippen MR) is 79.5 cm³/mol. The van der Waals surface area contributed by atoms with Gasteiger partial charge in [0.15, 0.2) is 0 Å². The maximum Gasteiger partial charge on any atom is 0.0459 e. The second kappa shape index (κ2) is 6.44. The molecule has 1 aliphatic carbocycles. The lowest BCUT2D eigenvalue weighted by atomic mass is 9.93. The minimum Gasteiger partial charge on any atom is -0.371 e. The molecule has 0 aliphatic heterocycles. The maximum absolute atomic E-state index is 6.31. The quantitative estimate of drug-likeness (QED) is 0.902. The number of rotatable bonds is 4. The molecule has 0 bridgehead atoms. The average Bonchev–Trinajstić information content (AvgIpc) is 2.41. The topological polar surface area (TPSA) is 29.3 Å². The van der Waals surface area contributed by atoms with E-state index in [0.29, 0.717) is 12.6 Å². The zero-order valence-corrected chi connectivity index (χ0v) is 11.9. The molecule has 0 amide bonds. The predicted octanol–water partition coefficient (Wildman–Crippen LogP) is 3.61. The average molecular weight is 267 g/mol. The van der Waals surface area contributed by atoms with Crippen LogP contribution in [0.2, 0.25) is 5.02 Å². The Hall–Kier alpha value is -0.730. The highest BCUT2D eigenvalue weighted by Crippen LogP contribution is 2.32. The van der Waals surface area contributed by atoms with E-state index < -0.39 is 0 Å². The van der Waals surface area contributed by atoms with Gasteiger partial charge in [0.25, 0.3) is 0 Å². The minimum absolute atomic E-state index is 0.648. The molecule has 3 heteroatoms. The van der Waals surface area contributed by atoms with E-state index in [-0.39, 0.29) is 0 Å². The van der Waals surface area contributed by atoms with Crippen LogP contribution in [0, 0.1) is 0 Å². The Kier molecular flexibility index (Phi) is 4.90. The lowest BCUT2D eigenvalue weighted by molar-refractivity contribution is 0.427. The van der Waals surface area contributed by atoms with Crippen LogP contribution in [0.15, 0.2) is 18.2 Å². The first-order chi connectivity index (χ1) is 8.74. The molecule has 18 heavy (non-hydrogen) atoms. The molecule has 0 aromatic heterocycles. The Morgan fingerprint density at radius 1 is 1.28 bits per heavy atom. The molecule has 0 radical (unpaired) electrons. The normalized spacial score (nSPS) is 16.8. The van der Waals surface area contributed by atoms with E-state index in [0.717, 1.165) is 11.4 Å². The number of nitrogens with zero attached hydrogens (tertiary/aromatic N) is 1. The van der Waals surface area contributed by atoms with Crippen molar-refractivity contribution in [2.75, 3.05) is 18.5 Å². The highest BCUT2D eigenvalue weighted by atomic mass is 35.5. The fourth-order valence-corrected chi connectivity index (χ4v) is 3.20. The maximum atomic E-state index is 6.31. The van der Waals surface area contributed by atoms with Crippen LogP contribution in [-0.2, 0) is 6.42 Å². The van der Waals surface area contributed by atoms with Gasteiger partial charge in [0.05, 0.1) is 0 Å². The Labute approximate surface area is 115 Å². The molecule has 1 fully saturated rings. The van der Waals surface area contributed by atoms with Crippen LogP contribution in [0.5, 0.6) is 0 Å². The molecule has 1 aliphatic rings. The standard InChI is InChI=1S/C15H23ClN2/c1-18(12-6-3-2-4-7-12)15-9-5-8-14(16)13(15)10-11-17/h5,8-9,12H,2-4,6-7,10-11,17H2,1H3. The summed E-state index contributed by atoms with van der Waals surface area (Å²) in [5.74, 6) is 0.